The molecule has 4 aromatic rings. The normalized spacial score (nSPS) is 11.0. The van der Waals surface area contributed by atoms with E-state index in [4.69, 9.17) is 16.3 Å². The van der Waals surface area contributed by atoms with E-state index in [0.29, 0.717) is 23.1 Å². The van der Waals surface area contributed by atoms with Gasteiger partial charge in [-0.1, -0.05) is 67.5 Å². The number of halogens is 1. The predicted octanol–water partition coefficient (Wildman–Crippen LogP) is 6.28. The summed E-state index contributed by atoms with van der Waals surface area (Å²) in [4.78, 5) is 4.29. The Balaban J connectivity index is 1.67. The third-order valence-electron chi connectivity index (χ3n) is 5.15. The number of hydrogen-bond donors (Lipinski definition) is 0. The molecule has 0 saturated heterocycles. The van der Waals surface area contributed by atoms with Crippen LogP contribution in [0.3, 0.4) is 0 Å². The van der Waals surface area contributed by atoms with Crippen LogP contribution in [-0.2, 0) is 12.8 Å². The highest BCUT2D eigenvalue weighted by atomic mass is 35.5. The van der Waals surface area contributed by atoms with Crippen LogP contribution in [0.25, 0.3) is 17.1 Å². The minimum atomic E-state index is 0.513. The van der Waals surface area contributed by atoms with Crippen LogP contribution in [-0.4, -0.2) is 32.1 Å². The molecular weight excluding hydrogens is 440 g/mol. The fourth-order valence-corrected chi connectivity index (χ4v) is 4.54. The van der Waals surface area contributed by atoms with E-state index >= 15 is 0 Å². The van der Waals surface area contributed by atoms with Crippen LogP contribution in [0.15, 0.2) is 72.1 Å². The lowest BCUT2D eigenvalue weighted by Crippen LogP contribution is -2.08. The van der Waals surface area contributed by atoms with Crippen molar-refractivity contribution in [2.24, 2.45) is 0 Å². The molecule has 0 aliphatic carbocycles. The van der Waals surface area contributed by atoms with Gasteiger partial charge in [-0.05, 0) is 48.2 Å². The first-order valence-electron chi connectivity index (χ1n) is 10.7. The summed E-state index contributed by atoms with van der Waals surface area (Å²) in [6.07, 6.45) is 5.44. The highest BCUT2D eigenvalue weighted by Crippen LogP contribution is 2.32. The standard InChI is InChI=1S/C25H25ClN4OS/c1-3-18-9-7-10-19(4-2)23(18)30-24(20-11-8-14-27-17-20)28-29-25(30)32-16-15-31-22-13-6-5-12-21(22)26/h5-14,17H,3-4,15-16H2,1-2H3. The third-order valence-corrected chi connectivity index (χ3v) is 6.36. The van der Waals surface area contributed by atoms with E-state index in [1.807, 2.05) is 42.6 Å². The van der Waals surface area contributed by atoms with E-state index in [1.165, 1.54) is 11.1 Å². The highest BCUT2D eigenvalue weighted by molar-refractivity contribution is 7.99. The van der Waals surface area contributed by atoms with E-state index in [2.05, 4.69) is 51.8 Å². The molecular formula is C25H25ClN4OS. The van der Waals surface area contributed by atoms with Gasteiger partial charge in [0, 0.05) is 23.7 Å². The van der Waals surface area contributed by atoms with E-state index in [1.54, 1.807) is 18.0 Å². The Morgan fingerprint density at radius 3 is 2.41 bits per heavy atom. The van der Waals surface area contributed by atoms with Crippen LogP contribution in [0.5, 0.6) is 5.75 Å². The fraction of sp³-hybridized carbons (Fsp3) is 0.240. The number of hydrogen-bond acceptors (Lipinski definition) is 5. The van der Waals surface area contributed by atoms with Crippen molar-refractivity contribution in [3.05, 3.63) is 83.1 Å². The number of aromatic nitrogens is 4. The number of pyridine rings is 1. The molecule has 0 atom stereocenters. The molecule has 0 amide bonds. The summed E-state index contributed by atoms with van der Waals surface area (Å²) in [6.45, 7) is 4.87. The molecule has 0 bridgehead atoms. The summed E-state index contributed by atoms with van der Waals surface area (Å²) in [5.74, 6) is 2.20. The first-order valence-corrected chi connectivity index (χ1v) is 12.1. The van der Waals surface area contributed by atoms with Crippen molar-refractivity contribution in [1.29, 1.82) is 0 Å². The Bertz CT molecular complexity index is 1160. The summed E-state index contributed by atoms with van der Waals surface area (Å²) in [6, 6.07) is 17.9. The maximum Gasteiger partial charge on any atom is 0.196 e. The second-order valence-corrected chi connectivity index (χ2v) is 8.61. The Kier molecular flexibility index (Phi) is 7.45. The van der Waals surface area contributed by atoms with Crippen molar-refractivity contribution >= 4 is 23.4 Å². The number of thioether (sulfide) groups is 1. The highest BCUT2D eigenvalue weighted by Gasteiger charge is 2.20. The summed E-state index contributed by atoms with van der Waals surface area (Å²) < 4.78 is 8.04. The number of rotatable bonds is 9. The Labute approximate surface area is 197 Å². The predicted molar refractivity (Wildman–Crippen MR) is 131 cm³/mol. The molecule has 0 aliphatic heterocycles. The molecule has 164 valence electrons. The molecule has 0 saturated carbocycles. The molecule has 32 heavy (non-hydrogen) atoms. The number of para-hydroxylation sites is 2. The van der Waals surface area contributed by atoms with Gasteiger partial charge in [0.05, 0.1) is 17.3 Å². The zero-order valence-electron chi connectivity index (χ0n) is 18.2. The number of nitrogens with zero attached hydrogens (tertiary/aromatic N) is 4. The number of ether oxygens (including phenoxy) is 1. The van der Waals surface area contributed by atoms with Crippen molar-refractivity contribution in [3.63, 3.8) is 0 Å². The first kappa shape index (κ1) is 22.4. The summed E-state index contributed by atoms with van der Waals surface area (Å²) in [5, 5.41) is 10.6. The van der Waals surface area contributed by atoms with Crippen LogP contribution >= 0.6 is 23.4 Å². The van der Waals surface area contributed by atoms with Gasteiger partial charge in [0.1, 0.15) is 5.75 Å². The van der Waals surface area contributed by atoms with Crippen LogP contribution in [0.1, 0.15) is 25.0 Å². The third kappa shape index (κ3) is 4.81. The maximum atomic E-state index is 6.20. The van der Waals surface area contributed by atoms with Gasteiger partial charge < -0.3 is 4.74 Å². The second-order valence-electron chi connectivity index (χ2n) is 7.14. The second kappa shape index (κ2) is 10.7. The topological polar surface area (TPSA) is 52.8 Å². The average molecular weight is 465 g/mol. The van der Waals surface area contributed by atoms with E-state index in [0.717, 1.165) is 35.1 Å². The van der Waals surface area contributed by atoms with Crippen molar-refractivity contribution in [1.82, 2.24) is 19.7 Å². The SMILES string of the molecule is CCc1cccc(CC)c1-n1c(SCCOc2ccccc2Cl)nnc1-c1cccnc1. The molecule has 0 spiro atoms. The molecule has 0 aliphatic rings. The van der Waals surface area contributed by atoms with Gasteiger partial charge in [-0.15, -0.1) is 10.2 Å². The summed E-state index contributed by atoms with van der Waals surface area (Å²) in [7, 11) is 0. The molecule has 5 nitrogen and oxygen atoms in total. The molecule has 0 unspecified atom stereocenters. The lowest BCUT2D eigenvalue weighted by molar-refractivity contribution is 0.344. The van der Waals surface area contributed by atoms with Gasteiger partial charge in [-0.2, -0.15) is 0 Å². The van der Waals surface area contributed by atoms with Crippen molar-refractivity contribution in [2.45, 2.75) is 31.8 Å². The molecule has 4 rings (SSSR count). The van der Waals surface area contributed by atoms with Crippen molar-refractivity contribution < 1.29 is 4.74 Å². The number of benzene rings is 2. The molecule has 0 fully saturated rings. The Hall–Kier alpha value is -2.83. The molecule has 2 aromatic carbocycles. The monoisotopic (exact) mass is 464 g/mol. The zero-order valence-corrected chi connectivity index (χ0v) is 19.7. The summed E-state index contributed by atoms with van der Waals surface area (Å²) >= 11 is 7.82. The van der Waals surface area contributed by atoms with Gasteiger partial charge in [-0.25, -0.2) is 0 Å². The molecule has 2 heterocycles. The lowest BCUT2D eigenvalue weighted by atomic mass is 10.0. The maximum absolute atomic E-state index is 6.20. The lowest BCUT2D eigenvalue weighted by Gasteiger charge is -2.18. The van der Waals surface area contributed by atoms with E-state index in [-0.39, 0.29) is 0 Å². The van der Waals surface area contributed by atoms with E-state index in [9.17, 15) is 0 Å². The van der Waals surface area contributed by atoms with Crippen molar-refractivity contribution in [3.8, 4) is 22.8 Å². The van der Waals surface area contributed by atoms with Crippen molar-refractivity contribution in [2.75, 3.05) is 12.4 Å². The quantitative estimate of drug-likeness (QED) is 0.215. The largest absolute Gasteiger partial charge is 0.491 e. The smallest absolute Gasteiger partial charge is 0.196 e. The fourth-order valence-electron chi connectivity index (χ4n) is 3.60. The van der Waals surface area contributed by atoms with Gasteiger partial charge in [0.2, 0.25) is 0 Å². The molecule has 2 aromatic heterocycles. The van der Waals surface area contributed by atoms with Crippen LogP contribution in [0.2, 0.25) is 5.02 Å². The van der Waals surface area contributed by atoms with Crippen LogP contribution in [0, 0.1) is 0 Å². The van der Waals surface area contributed by atoms with Gasteiger partial charge in [-0.3, -0.25) is 9.55 Å². The minimum absolute atomic E-state index is 0.513. The van der Waals surface area contributed by atoms with Gasteiger partial charge >= 0.3 is 0 Å². The average Bonchev–Trinajstić information content (AvgIpc) is 3.26. The zero-order chi connectivity index (χ0) is 22.3. The molecule has 7 heteroatoms. The molecule has 0 radical (unpaired) electrons. The van der Waals surface area contributed by atoms with E-state index < -0.39 is 0 Å². The van der Waals surface area contributed by atoms with Gasteiger partial charge in [0.25, 0.3) is 0 Å². The Morgan fingerprint density at radius 1 is 0.938 bits per heavy atom. The minimum Gasteiger partial charge on any atom is -0.491 e. The Morgan fingerprint density at radius 2 is 1.72 bits per heavy atom. The first-order chi connectivity index (χ1) is 15.7. The van der Waals surface area contributed by atoms with Crippen LogP contribution < -0.4 is 4.74 Å². The number of aryl methyl sites for hydroxylation is 2. The molecule has 0 N–H and O–H groups in total. The van der Waals surface area contributed by atoms with Crippen LogP contribution in [0.4, 0.5) is 0 Å². The summed E-state index contributed by atoms with van der Waals surface area (Å²) in [5.41, 5.74) is 4.63. The van der Waals surface area contributed by atoms with Gasteiger partial charge in [0.15, 0.2) is 11.0 Å².